The van der Waals surface area contributed by atoms with E-state index in [1.165, 1.54) is 12.1 Å². The van der Waals surface area contributed by atoms with Crippen LogP contribution in [0.25, 0.3) is 0 Å². The van der Waals surface area contributed by atoms with Crippen molar-refractivity contribution in [3.05, 3.63) is 89.5 Å². The highest BCUT2D eigenvalue weighted by molar-refractivity contribution is 7.92. The van der Waals surface area contributed by atoms with Gasteiger partial charge in [0.25, 0.3) is 10.0 Å². The first-order valence-electron chi connectivity index (χ1n) is 9.29. The summed E-state index contributed by atoms with van der Waals surface area (Å²) >= 11 is 0. The van der Waals surface area contributed by atoms with E-state index in [0.29, 0.717) is 11.4 Å². The zero-order chi connectivity index (χ0) is 21.0. The van der Waals surface area contributed by atoms with Gasteiger partial charge >= 0.3 is 0 Å². The van der Waals surface area contributed by atoms with Gasteiger partial charge in [-0.3, -0.25) is 9.10 Å². The number of hydrogen-bond acceptors (Lipinski definition) is 3. The second-order valence-electron chi connectivity index (χ2n) is 6.96. The van der Waals surface area contributed by atoms with Crippen LogP contribution >= 0.6 is 0 Å². The summed E-state index contributed by atoms with van der Waals surface area (Å²) in [6.45, 7) is 5.44. The molecule has 0 aromatic heterocycles. The molecule has 1 amide bonds. The van der Waals surface area contributed by atoms with Crippen LogP contribution in [0.3, 0.4) is 0 Å². The fourth-order valence-corrected chi connectivity index (χ4v) is 4.38. The summed E-state index contributed by atoms with van der Waals surface area (Å²) in [7, 11) is -3.91. The van der Waals surface area contributed by atoms with Gasteiger partial charge in [-0.05, 0) is 67.8 Å². The monoisotopic (exact) mass is 408 g/mol. The van der Waals surface area contributed by atoms with Crippen molar-refractivity contribution in [1.29, 1.82) is 0 Å². The number of para-hydroxylation sites is 1. The Bertz CT molecular complexity index is 1130. The Morgan fingerprint density at radius 3 is 2.14 bits per heavy atom. The molecule has 1 N–H and O–H groups in total. The molecule has 150 valence electrons. The molecule has 3 rings (SSSR count). The van der Waals surface area contributed by atoms with Gasteiger partial charge in [0.1, 0.15) is 6.54 Å². The van der Waals surface area contributed by atoms with E-state index in [9.17, 15) is 13.2 Å². The quantitative estimate of drug-likeness (QED) is 0.655. The Morgan fingerprint density at radius 2 is 1.48 bits per heavy atom. The normalized spacial score (nSPS) is 11.1. The second-order valence-corrected chi connectivity index (χ2v) is 8.82. The molecule has 0 aliphatic rings. The third-order valence-corrected chi connectivity index (χ3v) is 6.60. The van der Waals surface area contributed by atoms with Gasteiger partial charge in [0.05, 0.1) is 10.6 Å². The summed E-state index contributed by atoms with van der Waals surface area (Å²) in [6.07, 6.45) is 0. The van der Waals surface area contributed by atoms with Crippen LogP contribution in [-0.4, -0.2) is 20.9 Å². The average molecular weight is 409 g/mol. The van der Waals surface area contributed by atoms with Gasteiger partial charge in [-0.1, -0.05) is 42.5 Å². The number of benzene rings is 3. The van der Waals surface area contributed by atoms with Crippen LogP contribution in [-0.2, 0) is 14.8 Å². The molecule has 0 radical (unpaired) electrons. The number of anilines is 2. The molecule has 0 atom stereocenters. The fourth-order valence-electron chi connectivity index (χ4n) is 2.95. The predicted molar refractivity (Wildman–Crippen MR) is 117 cm³/mol. The van der Waals surface area contributed by atoms with E-state index in [0.717, 1.165) is 21.0 Å². The van der Waals surface area contributed by atoms with Crippen LogP contribution in [0.15, 0.2) is 77.7 Å². The Kier molecular flexibility index (Phi) is 6.03. The Hall–Kier alpha value is -3.12. The minimum Gasteiger partial charge on any atom is -0.324 e. The maximum absolute atomic E-state index is 13.3. The van der Waals surface area contributed by atoms with Crippen molar-refractivity contribution < 1.29 is 13.2 Å². The molecule has 0 saturated heterocycles. The molecule has 0 heterocycles. The maximum Gasteiger partial charge on any atom is 0.264 e. The number of nitrogens with zero attached hydrogens (tertiary/aromatic N) is 1. The lowest BCUT2D eigenvalue weighted by atomic mass is 10.1. The van der Waals surface area contributed by atoms with Gasteiger partial charge in [-0.15, -0.1) is 0 Å². The summed E-state index contributed by atoms with van der Waals surface area (Å²) in [5.41, 5.74) is 4.03. The number of carbonyl (C=O) groups is 1. The summed E-state index contributed by atoms with van der Waals surface area (Å²) in [4.78, 5) is 12.9. The van der Waals surface area contributed by atoms with Crippen molar-refractivity contribution in [3.8, 4) is 0 Å². The van der Waals surface area contributed by atoms with Crippen molar-refractivity contribution in [3.63, 3.8) is 0 Å². The summed E-state index contributed by atoms with van der Waals surface area (Å²) in [6, 6.07) is 20.9. The van der Waals surface area contributed by atoms with Gasteiger partial charge < -0.3 is 5.32 Å². The highest BCUT2D eigenvalue weighted by atomic mass is 32.2. The maximum atomic E-state index is 13.3. The molecule has 0 spiro atoms. The molecule has 0 aliphatic carbocycles. The van der Waals surface area contributed by atoms with Crippen molar-refractivity contribution in [1.82, 2.24) is 0 Å². The standard InChI is InChI=1S/C23H24N2O3S/c1-17-13-14-20(15-19(17)3)25(29(27,28)21-10-5-4-6-11-21)16-23(26)24-22-12-8-7-9-18(22)2/h4-15H,16H2,1-3H3,(H,24,26). The van der Waals surface area contributed by atoms with Crippen molar-refractivity contribution in [2.24, 2.45) is 0 Å². The zero-order valence-corrected chi connectivity index (χ0v) is 17.5. The van der Waals surface area contributed by atoms with Gasteiger partial charge in [-0.25, -0.2) is 8.42 Å². The van der Waals surface area contributed by atoms with Gasteiger partial charge in [-0.2, -0.15) is 0 Å². The van der Waals surface area contributed by atoms with Crippen LogP contribution < -0.4 is 9.62 Å². The molecule has 0 fully saturated rings. The third kappa shape index (κ3) is 4.66. The highest BCUT2D eigenvalue weighted by Gasteiger charge is 2.27. The van der Waals surface area contributed by atoms with Crippen molar-refractivity contribution >= 4 is 27.3 Å². The molecule has 0 aliphatic heterocycles. The third-order valence-electron chi connectivity index (χ3n) is 4.82. The van der Waals surface area contributed by atoms with Crippen molar-refractivity contribution in [2.45, 2.75) is 25.7 Å². The molecular weight excluding hydrogens is 384 g/mol. The SMILES string of the molecule is Cc1ccc(N(CC(=O)Nc2ccccc2C)S(=O)(=O)c2ccccc2)cc1C. The second kappa shape index (κ2) is 8.49. The molecular formula is C23H24N2O3S. The fraction of sp³-hybridized carbons (Fsp3) is 0.174. The first kappa shape index (κ1) is 20.6. The van der Waals surface area contributed by atoms with E-state index in [1.54, 1.807) is 36.4 Å². The summed E-state index contributed by atoms with van der Waals surface area (Å²) < 4.78 is 27.8. The largest absolute Gasteiger partial charge is 0.324 e. The van der Waals surface area contributed by atoms with Crippen molar-refractivity contribution in [2.75, 3.05) is 16.2 Å². The predicted octanol–water partition coefficient (Wildman–Crippen LogP) is 4.45. The Morgan fingerprint density at radius 1 is 0.828 bits per heavy atom. The van der Waals surface area contributed by atoms with E-state index >= 15 is 0 Å². The molecule has 0 bridgehead atoms. The molecule has 3 aromatic carbocycles. The number of rotatable bonds is 6. The van der Waals surface area contributed by atoms with Crippen LogP contribution in [0.4, 0.5) is 11.4 Å². The molecule has 29 heavy (non-hydrogen) atoms. The number of nitrogens with one attached hydrogen (secondary N) is 1. The number of aryl methyl sites for hydroxylation is 3. The molecule has 0 unspecified atom stereocenters. The van der Waals surface area contributed by atoms with E-state index in [1.807, 2.05) is 45.0 Å². The zero-order valence-electron chi connectivity index (χ0n) is 16.7. The van der Waals surface area contributed by atoms with Crippen LogP contribution in [0.2, 0.25) is 0 Å². The smallest absolute Gasteiger partial charge is 0.264 e. The minimum atomic E-state index is -3.91. The first-order valence-corrected chi connectivity index (χ1v) is 10.7. The molecule has 6 heteroatoms. The molecule has 0 saturated carbocycles. The lowest BCUT2D eigenvalue weighted by Gasteiger charge is -2.25. The van der Waals surface area contributed by atoms with Gasteiger partial charge in [0.2, 0.25) is 5.91 Å². The topological polar surface area (TPSA) is 66.5 Å². The minimum absolute atomic E-state index is 0.141. The number of hydrogen-bond donors (Lipinski definition) is 1. The number of carbonyl (C=O) groups excluding carboxylic acids is 1. The van der Waals surface area contributed by atoms with E-state index in [4.69, 9.17) is 0 Å². The number of sulfonamides is 1. The van der Waals surface area contributed by atoms with Crippen LogP contribution in [0, 0.1) is 20.8 Å². The van der Waals surface area contributed by atoms with Gasteiger partial charge in [0, 0.05) is 5.69 Å². The number of amides is 1. The lowest BCUT2D eigenvalue weighted by Crippen LogP contribution is -2.38. The highest BCUT2D eigenvalue weighted by Crippen LogP contribution is 2.26. The first-order chi connectivity index (χ1) is 13.8. The molecule has 3 aromatic rings. The van der Waals surface area contributed by atoms with E-state index in [2.05, 4.69) is 5.32 Å². The molecule has 5 nitrogen and oxygen atoms in total. The van der Waals surface area contributed by atoms with Crippen LogP contribution in [0.1, 0.15) is 16.7 Å². The summed E-state index contributed by atoms with van der Waals surface area (Å²) in [5, 5.41) is 2.81. The van der Waals surface area contributed by atoms with Gasteiger partial charge in [0.15, 0.2) is 0 Å². The summed E-state index contributed by atoms with van der Waals surface area (Å²) in [5.74, 6) is -0.406. The Labute approximate surface area is 172 Å². The lowest BCUT2D eigenvalue weighted by molar-refractivity contribution is -0.114. The van der Waals surface area contributed by atoms with E-state index in [-0.39, 0.29) is 11.4 Å². The van der Waals surface area contributed by atoms with Crippen LogP contribution in [0.5, 0.6) is 0 Å². The Balaban J connectivity index is 1.98. The van der Waals surface area contributed by atoms with E-state index < -0.39 is 15.9 Å². The average Bonchev–Trinajstić information content (AvgIpc) is 2.71.